The fourth-order valence-electron chi connectivity index (χ4n) is 1.39. The quantitative estimate of drug-likeness (QED) is 0.913. The lowest BCUT2D eigenvalue weighted by molar-refractivity contribution is 0.0698. The maximum atomic E-state index is 11.7. The van der Waals surface area contributed by atoms with Crippen LogP contribution in [0.2, 0.25) is 0 Å². The number of hydrogen-bond donors (Lipinski definition) is 2. The molecule has 2 N–H and O–H groups in total. The lowest BCUT2D eigenvalue weighted by Crippen LogP contribution is -2.14. The van der Waals surface area contributed by atoms with Crippen LogP contribution in [0.25, 0.3) is 0 Å². The zero-order chi connectivity index (χ0) is 13.1. The van der Waals surface area contributed by atoms with Crippen LogP contribution < -0.4 is 5.32 Å². The van der Waals surface area contributed by atoms with Crippen LogP contribution in [0.1, 0.15) is 20.9 Å². The number of carboxylic acids is 1. The van der Waals surface area contributed by atoms with Crippen LogP contribution in [0.15, 0.2) is 45.5 Å². The van der Waals surface area contributed by atoms with Crippen molar-refractivity contribution >= 4 is 33.5 Å². The van der Waals surface area contributed by atoms with E-state index in [4.69, 9.17) is 9.52 Å². The Morgan fingerprint density at radius 2 is 2.06 bits per heavy atom. The molecule has 0 bridgehead atoms. The largest absolute Gasteiger partial charge is 0.478 e. The van der Waals surface area contributed by atoms with E-state index in [0.29, 0.717) is 4.47 Å². The van der Waals surface area contributed by atoms with Gasteiger partial charge in [-0.1, -0.05) is 15.9 Å². The first-order valence-corrected chi connectivity index (χ1v) is 5.75. The summed E-state index contributed by atoms with van der Waals surface area (Å²) >= 11 is 3.17. The van der Waals surface area contributed by atoms with Crippen LogP contribution in [0, 0.1) is 0 Å². The highest BCUT2D eigenvalue weighted by Gasteiger charge is 2.15. The molecule has 0 aliphatic heterocycles. The number of halogens is 1. The van der Waals surface area contributed by atoms with Gasteiger partial charge in [0.05, 0.1) is 17.5 Å². The summed E-state index contributed by atoms with van der Waals surface area (Å²) in [5.41, 5.74) is 0.219. The van der Waals surface area contributed by atoms with Crippen LogP contribution in [0.3, 0.4) is 0 Å². The highest BCUT2D eigenvalue weighted by atomic mass is 79.9. The third-order valence-corrected chi connectivity index (χ3v) is 2.70. The summed E-state index contributed by atoms with van der Waals surface area (Å²) in [6.07, 6.45) is 1.37. The zero-order valence-electron chi connectivity index (χ0n) is 9.01. The molecule has 1 aromatic heterocycles. The van der Waals surface area contributed by atoms with E-state index in [1.807, 2.05) is 0 Å². The molecule has 18 heavy (non-hydrogen) atoms. The van der Waals surface area contributed by atoms with E-state index < -0.39 is 11.9 Å². The van der Waals surface area contributed by atoms with Gasteiger partial charge >= 0.3 is 5.97 Å². The molecule has 1 amide bonds. The summed E-state index contributed by atoms with van der Waals surface area (Å²) in [5, 5.41) is 11.5. The standard InChI is InChI=1S/C12H8BrNO4/c13-7-3-4-9(8(6-7)12(16)17)14-11(15)10-2-1-5-18-10/h1-6H,(H,14,15)(H,16,17). The molecule has 1 aromatic carbocycles. The second-order valence-corrected chi connectivity index (χ2v) is 4.34. The first kappa shape index (κ1) is 12.4. The molecular weight excluding hydrogens is 302 g/mol. The number of carbonyl (C=O) groups is 2. The number of hydrogen-bond acceptors (Lipinski definition) is 3. The Morgan fingerprint density at radius 3 is 2.67 bits per heavy atom. The molecule has 2 rings (SSSR count). The Bertz CT molecular complexity index is 592. The molecular formula is C12H8BrNO4. The van der Waals surface area contributed by atoms with E-state index in [0.717, 1.165) is 0 Å². The summed E-state index contributed by atoms with van der Waals surface area (Å²) in [5.74, 6) is -1.50. The Hall–Kier alpha value is -2.08. The lowest BCUT2D eigenvalue weighted by Gasteiger charge is -2.07. The van der Waals surface area contributed by atoms with Crippen molar-refractivity contribution in [2.75, 3.05) is 5.32 Å². The minimum Gasteiger partial charge on any atom is -0.478 e. The van der Waals surface area contributed by atoms with E-state index in [-0.39, 0.29) is 17.0 Å². The predicted molar refractivity (Wildman–Crippen MR) is 67.8 cm³/mol. The molecule has 5 nitrogen and oxygen atoms in total. The first-order valence-electron chi connectivity index (χ1n) is 4.95. The smallest absolute Gasteiger partial charge is 0.337 e. The first-order chi connectivity index (χ1) is 8.58. The van der Waals surface area contributed by atoms with Gasteiger partial charge in [-0.05, 0) is 30.3 Å². The zero-order valence-corrected chi connectivity index (χ0v) is 10.6. The second-order valence-electron chi connectivity index (χ2n) is 3.43. The molecule has 0 unspecified atom stereocenters. The Labute approximate surface area is 111 Å². The molecule has 1 heterocycles. The van der Waals surface area contributed by atoms with Crippen molar-refractivity contribution in [2.24, 2.45) is 0 Å². The van der Waals surface area contributed by atoms with Crippen molar-refractivity contribution in [3.63, 3.8) is 0 Å². The number of aromatic carboxylic acids is 1. The van der Waals surface area contributed by atoms with E-state index in [1.54, 1.807) is 12.1 Å². The number of furan rings is 1. The van der Waals surface area contributed by atoms with Crippen LogP contribution in [-0.2, 0) is 0 Å². The van der Waals surface area contributed by atoms with Crippen molar-refractivity contribution in [1.29, 1.82) is 0 Å². The Morgan fingerprint density at radius 1 is 1.28 bits per heavy atom. The molecule has 0 aliphatic rings. The van der Waals surface area contributed by atoms with Gasteiger partial charge in [-0.3, -0.25) is 4.79 Å². The molecule has 92 valence electrons. The van der Waals surface area contributed by atoms with Gasteiger partial charge in [-0.15, -0.1) is 0 Å². The number of carbonyl (C=O) groups excluding carboxylic acids is 1. The molecule has 0 atom stereocenters. The van der Waals surface area contributed by atoms with Gasteiger partial charge in [0.25, 0.3) is 5.91 Å². The van der Waals surface area contributed by atoms with Gasteiger partial charge in [0.2, 0.25) is 0 Å². The predicted octanol–water partition coefficient (Wildman–Crippen LogP) is 2.99. The van der Waals surface area contributed by atoms with E-state index >= 15 is 0 Å². The monoisotopic (exact) mass is 309 g/mol. The molecule has 0 saturated carbocycles. The highest BCUT2D eigenvalue weighted by Crippen LogP contribution is 2.21. The number of amides is 1. The van der Waals surface area contributed by atoms with Gasteiger partial charge in [0, 0.05) is 4.47 Å². The van der Waals surface area contributed by atoms with Gasteiger partial charge < -0.3 is 14.8 Å². The average Bonchev–Trinajstić information content (AvgIpc) is 2.84. The van der Waals surface area contributed by atoms with Gasteiger partial charge in [-0.2, -0.15) is 0 Å². The van der Waals surface area contributed by atoms with E-state index in [2.05, 4.69) is 21.2 Å². The summed E-state index contributed by atoms with van der Waals surface area (Å²) in [7, 11) is 0. The minimum absolute atomic E-state index is 0.00396. The second kappa shape index (κ2) is 5.05. The van der Waals surface area contributed by atoms with Crippen LogP contribution >= 0.6 is 15.9 Å². The Balaban J connectivity index is 2.29. The van der Waals surface area contributed by atoms with Crippen molar-refractivity contribution in [3.8, 4) is 0 Å². The summed E-state index contributed by atoms with van der Waals surface area (Å²) in [6.45, 7) is 0. The van der Waals surface area contributed by atoms with E-state index in [1.165, 1.54) is 24.5 Å². The molecule has 0 aliphatic carbocycles. The van der Waals surface area contributed by atoms with Crippen LogP contribution in [0.4, 0.5) is 5.69 Å². The van der Waals surface area contributed by atoms with Crippen LogP contribution in [0.5, 0.6) is 0 Å². The normalized spacial score (nSPS) is 10.1. The number of benzene rings is 1. The van der Waals surface area contributed by atoms with Gasteiger partial charge in [0.15, 0.2) is 5.76 Å². The molecule has 0 spiro atoms. The van der Waals surface area contributed by atoms with Gasteiger partial charge in [-0.25, -0.2) is 4.79 Å². The minimum atomic E-state index is -1.12. The van der Waals surface area contributed by atoms with Crippen molar-refractivity contribution in [2.45, 2.75) is 0 Å². The molecule has 2 aromatic rings. The Kier molecular flexibility index (Phi) is 3.47. The molecule has 0 saturated heterocycles. The third kappa shape index (κ3) is 2.60. The lowest BCUT2D eigenvalue weighted by atomic mass is 10.2. The number of rotatable bonds is 3. The summed E-state index contributed by atoms with van der Waals surface area (Å²) in [4.78, 5) is 22.8. The molecule has 6 heteroatoms. The third-order valence-electron chi connectivity index (χ3n) is 2.21. The summed E-state index contributed by atoms with van der Waals surface area (Å²) in [6, 6.07) is 7.64. The summed E-state index contributed by atoms with van der Waals surface area (Å²) < 4.78 is 5.54. The number of anilines is 1. The van der Waals surface area contributed by atoms with Crippen molar-refractivity contribution in [3.05, 3.63) is 52.4 Å². The van der Waals surface area contributed by atoms with Crippen LogP contribution in [-0.4, -0.2) is 17.0 Å². The SMILES string of the molecule is O=C(Nc1ccc(Br)cc1C(=O)O)c1ccco1. The highest BCUT2D eigenvalue weighted by molar-refractivity contribution is 9.10. The van der Waals surface area contributed by atoms with Crippen molar-refractivity contribution in [1.82, 2.24) is 0 Å². The maximum Gasteiger partial charge on any atom is 0.337 e. The van der Waals surface area contributed by atoms with Gasteiger partial charge in [0.1, 0.15) is 0 Å². The maximum absolute atomic E-state index is 11.7. The number of carboxylic acid groups (broad SMARTS) is 1. The fourth-order valence-corrected chi connectivity index (χ4v) is 1.76. The fraction of sp³-hybridized carbons (Fsp3) is 0. The number of nitrogens with one attached hydrogen (secondary N) is 1. The topological polar surface area (TPSA) is 79.5 Å². The van der Waals surface area contributed by atoms with E-state index in [9.17, 15) is 9.59 Å². The molecule has 0 fully saturated rings. The van der Waals surface area contributed by atoms with Crippen molar-refractivity contribution < 1.29 is 19.1 Å². The molecule has 0 radical (unpaired) electrons. The average molecular weight is 310 g/mol.